The number of aromatic nitrogens is 1. The maximum absolute atomic E-state index is 12.4. The molecule has 128 valence electrons. The van der Waals surface area contributed by atoms with Gasteiger partial charge in [0.2, 0.25) is 0 Å². The largest absolute Gasteiger partial charge is 0.462 e. The molecule has 0 spiro atoms. The molecule has 2 N–H and O–H groups in total. The first-order chi connectivity index (χ1) is 12.0. The minimum Gasteiger partial charge on any atom is -0.462 e. The number of rotatable bonds is 5. The lowest BCUT2D eigenvalue weighted by atomic mass is 10.1. The van der Waals surface area contributed by atoms with Crippen LogP contribution in [-0.4, -0.2) is 22.5 Å². The minimum atomic E-state index is -0.489. The van der Waals surface area contributed by atoms with Crippen LogP contribution in [0.4, 0.5) is 17.2 Å². The van der Waals surface area contributed by atoms with Gasteiger partial charge in [0.15, 0.2) is 0 Å². The van der Waals surface area contributed by atoms with Gasteiger partial charge in [0, 0.05) is 23.2 Å². The molecule has 0 saturated heterocycles. The van der Waals surface area contributed by atoms with Gasteiger partial charge in [0.05, 0.1) is 17.0 Å². The van der Waals surface area contributed by atoms with Crippen molar-refractivity contribution in [2.75, 3.05) is 11.9 Å². The van der Waals surface area contributed by atoms with Crippen LogP contribution in [0, 0.1) is 17.0 Å². The Hall–Kier alpha value is -3.35. The van der Waals surface area contributed by atoms with Crippen LogP contribution in [-0.2, 0) is 4.74 Å². The van der Waals surface area contributed by atoms with Gasteiger partial charge in [-0.15, -0.1) is 0 Å². The number of hydrogen-bond acceptors (Lipinski definition) is 5. The number of aromatic amines is 1. The highest BCUT2D eigenvalue weighted by Gasteiger charge is 2.21. The summed E-state index contributed by atoms with van der Waals surface area (Å²) in [7, 11) is 0. The summed E-state index contributed by atoms with van der Waals surface area (Å²) in [6.07, 6.45) is 0. The summed E-state index contributed by atoms with van der Waals surface area (Å²) in [5.41, 5.74) is 2.67. The lowest BCUT2D eigenvalue weighted by Gasteiger charge is -2.08. The SMILES string of the molecule is CCOC(=O)c1c(Nc2ccc(C)cc2)[nH]c2cc([N+](=O)[O-])ccc12. The lowest BCUT2D eigenvalue weighted by molar-refractivity contribution is -0.384. The first kappa shape index (κ1) is 16.5. The molecule has 0 aliphatic heterocycles. The first-order valence-corrected chi connectivity index (χ1v) is 7.80. The van der Waals surface area contributed by atoms with Gasteiger partial charge in [0.1, 0.15) is 11.4 Å². The zero-order valence-corrected chi connectivity index (χ0v) is 13.8. The molecule has 0 aliphatic rings. The Morgan fingerprint density at radius 2 is 1.96 bits per heavy atom. The van der Waals surface area contributed by atoms with Crippen molar-refractivity contribution in [2.45, 2.75) is 13.8 Å². The average Bonchev–Trinajstić information content (AvgIpc) is 2.94. The number of nitrogens with one attached hydrogen (secondary N) is 2. The molecule has 3 rings (SSSR count). The van der Waals surface area contributed by atoms with E-state index in [0.717, 1.165) is 11.3 Å². The number of anilines is 2. The Kier molecular flexibility index (Phi) is 4.38. The highest BCUT2D eigenvalue weighted by atomic mass is 16.6. The second kappa shape index (κ2) is 6.64. The molecule has 7 heteroatoms. The Morgan fingerprint density at radius 3 is 2.60 bits per heavy atom. The first-order valence-electron chi connectivity index (χ1n) is 7.80. The molecule has 0 unspecified atom stereocenters. The summed E-state index contributed by atoms with van der Waals surface area (Å²) in [5.74, 6) is -0.0463. The van der Waals surface area contributed by atoms with E-state index in [1.165, 1.54) is 12.1 Å². The van der Waals surface area contributed by atoms with Gasteiger partial charge in [-0.3, -0.25) is 10.1 Å². The standard InChI is InChI=1S/C18H17N3O4/c1-3-25-18(22)16-14-9-8-13(21(23)24)10-15(14)20-17(16)19-12-6-4-11(2)5-7-12/h4-10,19-20H,3H2,1-2H3. The Labute approximate surface area is 143 Å². The second-order valence-corrected chi connectivity index (χ2v) is 5.57. The number of nitrogens with zero attached hydrogens (tertiary/aromatic N) is 1. The summed E-state index contributed by atoms with van der Waals surface area (Å²) >= 11 is 0. The molecular weight excluding hydrogens is 322 g/mol. The van der Waals surface area contributed by atoms with Crippen molar-refractivity contribution < 1.29 is 14.5 Å². The molecule has 25 heavy (non-hydrogen) atoms. The van der Waals surface area contributed by atoms with Gasteiger partial charge in [-0.05, 0) is 32.0 Å². The van der Waals surface area contributed by atoms with Gasteiger partial charge in [-0.25, -0.2) is 4.79 Å². The van der Waals surface area contributed by atoms with Crippen LogP contribution in [0.5, 0.6) is 0 Å². The van der Waals surface area contributed by atoms with E-state index in [9.17, 15) is 14.9 Å². The summed E-state index contributed by atoms with van der Waals surface area (Å²) in [6, 6.07) is 12.0. The van der Waals surface area contributed by atoms with Crippen LogP contribution in [0.3, 0.4) is 0 Å². The number of nitro groups is 1. The number of esters is 1. The van der Waals surface area contributed by atoms with Crippen LogP contribution in [0.25, 0.3) is 10.9 Å². The van der Waals surface area contributed by atoms with Gasteiger partial charge >= 0.3 is 5.97 Å². The van der Waals surface area contributed by atoms with Gasteiger partial charge in [-0.2, -0.15) is 0 Å². The van der Waals surface area contributed by atoms with Crippen molar-refractivity contribution in [3.05, 3.63) is 63.7 Å². The quantitative estimate of drug-likeness (QED) is 0.410. The topological polar surface area (TPSA) is 97.3 Å². The fraction of sp³-hybridized carbons (Fsp3) is 0.167. The fourth-order valence-electron chi connectivity index (χ4n) is 2.59. The van der Waals surface area contributed by atoms with Gasteiger partial charge in [-0.1, -0.05) is 17.7 Å². The molecule has 0 atom stereocenters. The van der Waals surface area contributed by atoms with Gasteiger partial charge < -0.3 is 15.0 Å². The zero-order chi connectivity index (χ0) is 18.0. The van der Waals surface area contributed by atoms with Crippen molar-refractivity contribution in [1.82, 2.24) is 4.98 Å². The number of hydrogen-bond donors (Lipinski definition) is 2. The van der Waals surface area contributed by atoms with E-state index in [1.54, 1.807) is 13.0 Å². The van der Waals surface area contributed by atoms with Crippen molar-refractivity contribution >= 4 is 34.1 Å². The Bertz CT molecular complexity index is 945. The number of H-pyrrole nitrogens is 1. The average molecular weight is 339 g/mol. The fourth-order valence-corrected chi connectivity index (χ4v) is 2.59. The third-order valence-electron chi connectivity index (χ3n) is 3.79. The maximum Gasteiger partial charge on any atom is 0.342 e. The monoisotopic (exact) mass is 339 g/mol. The highest BCUT2D eigenvalue weighted by molar-refractivity contribution is 6.10. The second-order valence-electron chi connectivity index (χ2n) is 5.57. The molecule has 1 heterocycles. The zero-order valence-electron chi connectivity index (χ0n) is 13.8. The van der Waals surface area contributed by atoms with Gasteiger partial charge in [0.25, 0.3) is 5.69 Å². The number of fused-ring (bicyclic) bond motifs is 1. The van der Waals surface area contributed by atoms with Crippen LogP contribution < -0.4 is 5.32 Å². The third kappa shape index (κ3) is 3.30. The summed E-state index contributed by atoms with van der Waals surface area (Å²) in [6.45, 7) is 3.95. The van der Waals surface area contributed by atoms with Crippen molar-refractivity contribution in [3.63, 3.8) is 0 Å². The molecule has 2 aromatic carbocycles. The van der Waals surface area contributed by atoms with E-state index >= 15 is 0 Å². The molecule has 7 nitrogen and oxygen atoms in total. The number of aryl methyl sites for hydroxylation is 1. The number of nitro benzene ring substituents is 1. The van der Waals surface area contributed by atoms with Crippen LogP contribution >= 0.6 is 0 Å². The minimum absolute atomic E-state index is 0.0500. The van der Waals surface area contributed by atoms with E-state index in [-0.39, 0.29) is 12.3 Å². The van der Waals surface area contributed by atoms with Crippen molar-refractivity contribution in [2.24, 2.45) is 0 Å². The van der Waals surface area contributed by atoms with E-state index in [1.807, 2.05) is 31.2 Å². The van der Waals surface area contributed by atoms with E-state index < -0.39 is 10.9 Å². The van der Waals surface area contributed by atoms with E-state index in [0.29, 0.717) is 22.3 Å². The molecule has 0 aliphatic carbocycles. The summed E-state index contributed by atoms with van der Waals surface area (Å²) < 4.78 is 5.14. The van der Waals surface area contributed by atoms with Crippen molar-refractivity contribution in [3.8, 4) is 0 Å². The van der Waals surface area contributed by atoms with Crippen LogP contribution in [0.2, 0.25) is 0 Å². The Balaban J connectivity index is 2.10. The van der Waals surface area contributed by atoms with Crippen LogP contribution in [0.15, 0.2) is 42.5 Å². The molecule has 0 bridgehead atoms. The summed E-state index contributed by atoms with van der Waals surface area (Å²) in [5, 5.41) is 14.7. The molecule has 0 radical (unpaired) electrons. The predicted molar refractivity (Wildman–Crippen MR) is 95.4 cm³/mol. The van der Waals surface area contributed by atoms with Crippen molar-refractivity contribution in [1.29, 1.82) is 0 Å². The molecule has 0 amide bonds. The number of non-ortho nitro benzene ring substituents is 1. The number of benzene rings is 2. The van der Waals surface area contributed by atoms with Crippen LogP contribution in [0.1, 0.15) is 22.8 Å². The number of carbonyl (C=O) groups is 1. The molecule has 3 aromatic rings. The number of ether oxygens (including phenoxy) is 1. The normalized spacial score (nSPS) is 10.6. The van der Waals surface area contributed by atoms with E-state index in [4.69, 9.17) is 4.74 Å². The Morgan fingerprint density at radius 1 is 1.24 bits per heavy atom. The highest BCUT2D eigenvalue weighted by Crippen LogP contribution is 2.31. The smallest absolute Gasteiger partial charge is 0.342 e. The molecule has 0 saturated carbocycles. The predicted octanol–water partition coefficient (Wildman–Crippen LogP) is 4.30. The third-order valence-corrected chi connectivity index (χ3v) is 3.79. The number of carbonyl (C=O) groups excluding carboxylic acids is 1. The molecule has 0 fully saturated rings. The maximum atomic E-state index is 12.4. The van der Waals surface area contributed by atoms with E-state index in [2.05, 4.69) is 10.3 Å². The summed E-state index contributed by atoms with van der Waals surface area (Å²) in [4.78, 5) is 25.9. The molecular formula is C18H17N3O4. The lowest BCUT2D eigenvalue weighted by Crippen LogP contribution is -2.07. The molecule has 1 aromatic heterocycles.